The molecule has 0 radical (unpaired) electrons. The highest BCUT2D eigenvalue weighted by Gasteiger charge is 2.30. The molecular weight excluding hydrogens is 541 g/mol. The van der Waals surface area contributed by atoms with E-state index in [4.69, 9.17) is 34.8 Å². The van der Waals surface area contributed by atoms with Gasteiger partial charge in [-0.05, 0) is 47.5 Å². The number of hydrogen-bond acceptors (Lipinski definition) is 4. The van der Waals surface area contributed by atoms with Gasteiger partial charge in [0.25, 0.3) is 0 Å². The molecule has 0 aliphatic carbocycles. The molecule has 1 fully saturated rings. The van der Waals surface area contributed by atoms with Crippen LogP contribution in [0.3, 0.4) is 0 Å². The average molecular weight is 567 g/mol. The summed E-state index contributed by atoms with van der Waals surface area (Å²) in [6.07, 6.45) is 0. The number of rotatable bonds is 8. The van der Waals surface area contributed by atoms with Crippen LogP contribution in [0.2, 0.25) is 15.1 Å². The fourth-order valence-corrected chi connectivity index (χ4v) is 6.03. The summed E-state index contributed by atoms with van der Waals surface area (Å²) in [7, 11) is -4.00. The standard InChI is InChI=1S/C26H26Cl3N3O3S/c27-22-8-10-24(11-9-22)36(34,35)32(18-21-6-7-23(28)16-25(21)29)19-26(33)31-14-12-30(13-15-31)17-20-4-2-1-3-5-20/h1-11,16H,12-15,17-19H2. The summed E-state index contributed by atoms with van der Waals surface area (Å²) >= 11 is 18.3. The minimum atomic E-state index is -4.00. The number of halogens is 3. The third-order valence-electron chi connectivity index (χ3n) is 6.10. The fraction of sp³-hybridized carbons (Fsp3) is 0.269. The Bertz CT molecular complexity index is 1300. The van der Waals surface area contributed by atoms with Gasteiger partial charge in [0, 0.05) is 54.3 Å². The van der Waals surface area contributed by atoms with Crippen LogP contribution in [0.15, 0.2) is 77.7 Å². The first-order valence-corrected chi connectivity index (χ1v) is 14.0. The molecule has 0 spiro atoms. The van der Waals surface area contributed by atoms with Crippen LogP contribution < -0.4 is 0 Å². The van der Waals surface area contributed by atoms with Crippen molar-refractivity contribution < 1.29 is 13.2 Å². The molecule has 1 saturated heterocycles. The molecule has 4 rings (SSSR count). The quantitative estimate of drug-likeness (QED) is 0.377. The minimum absolute atomic E-state index is 0.0532. The van der Waals surface area contributed by atoms with Gasteiger partial charge >= 0.3 is 0 Å². The van der Waals surface area contributed by atoms with Crippen molar-refractivity contribution in [3.05, 3.63) is 99.0 Å². The first kappa shape index (κ1) is 26.9. The zero-order chi connectivity index (χ0) is 25.7. The van der Waals surface area contributed by atoms with E-state index in [1.54, 1.807) is 23.1 Å². The Morgan fingerprint density at radius 2 is 1.47 bits per heavy atom. The summed E-state index contributed by atoms with van der Waals surface area (Å²) < 4.78 is 28.2. The highest BCUT2D eigenvalue weighted by atomic mass is 35.5. The number of piperazine rings is 1. The molecule has 0 aromatic heterocycles. The Kier molecular flexibility index (Phi) is 8.93. The first-order valence-electron chi connectivity index (χ1n) is 11.5. The SMILES string of the molecule is O=C(CN(Cc1ccc(Cl)cc1Cl)S(=O)(=O)c1ccc(Cl)cc1)N1CCN(Cc2ccccc2)CC1. The predicted molar refractivity (Wildman–Crippen MR) is 144 cm³/mol. The van der Waals surface area contributed by atoms with Crippen molar-refractivity contribution in [3.8, 4) is 0 Å². The molecule has 10 heteroatoms. The van der Waals surface area contributed by atoms with Gasteiger partial charge in [-0.25, -0.2) is 8.42 Å². The predicted octanol–water partition coefficient (Wildman–Crippen LogP) is 5.18. The van der Waals surface area contributed by atoms with E-state index in [0.29, 0.717) is 46.8 Å². The molecule has 36 heavy (non-hydrogen) atoms. The lowest BCUT2D eigenvalue weighted by Gasteiger charge is -2.35. The maximum atomic E-state index is 13.5. The third kappa shape index (κ3) is 6.79. The monoisotopic (exact) mass is 565 g/mol. The lowest BCUT2D eigenvalue weighted by atomic mass is 10.2. The summed E-state index contributed by atoms with van der Waals surface area (Å²) in [5, 5.41) is 1.20. The topological polar surface area (TPSA) is 60.9 Å². The van der Waals surface area contributed by atoms with Crippen molar-refractivity contribution in [1.29, 1.82) is 0 Å². The van der Waals surface area contributed by atoms with Crippen LogP contribution in [0, 0.1) is 0 Å². The molecular formula is C26H26Cl3N3O3S. The van der Waals surface area contributed by atoms with Gasteiger partial charge in [0.05, 0.1) is 11.4 Å². The molecule has 0 N–H and O–H groups in total. The van der Waals surface area contributed by atoms with Crippen molar-refractivity contribution in [2.75, 3.05) is 32.7 Å². The zero-order valence-electron chi connectivity index (χ0n) is 19.5. The molecule has 1 amide bonds. The second-order valence-electron chi connectivity index (χ2n) is 8.61. The van der Waals surface area contributed by atoms with Gasteiger partial charge in [-0.15, -0.1) is 0 Å². The van der Waals surface area contributed by atoms with Gasteiger partial charge < -0.3 is 4.90 Å². The zero-order valence-corrected chi connectivity index (χ0v) is 22.6. The molecule has 3 aromatic carbocycles. The number of amides is 1. The van der Waals surface area contributed by atoms with E-state index in [1.807, 2.05) is 18.2 Å². The highest BCUT2D eigenvalue weighted by Crippen LogP contribution is 2.26. The first-order chi connectivity index (χ1) is 17.2. The molecule has 1 aliphatic heterocycles. The molecule has 3 aromatic rings. The fourth-order valence-electron chi connectivity index (χ4n) is 4.07. The van der Waals surface area contributed by atoms with Gasteiger partial charge in [0.15, 0.2) is 0 Å². The van der Waals surface area contributed by atoms with E-state index in [0.717, 1.165) is 10.8 Å². The molecule has 0 atom stereocenters. The van der Waals surface area contributed by atoms with E-state index in [-0.39, 0.29) is 23.9 Å². The lowest BCUT2D eigenvalue weighted by Crippen LogP contribution is -2.51. The summed E-state index contributed by atoms with van der Waals surface area (Å²) in [6.45, 7) is 2.93. The molecule has 6 nitrogen and oxygen atoms in total. The van der Waals surface area contributed by atoms with Gasteiger partial charge in [0.1, 0.15) is 0 Å². The Morgan fingerprint density at radius 3 is 2.11 bits per heavy atom. The van der Waals surface area contributed by atoms with Crippen LogP contribution in [0.1, 0.15) is 11.1 Å². The van der Waals surface area contributed by atoms with Crippen LogP contribution in [-0.2, 0) is 27.9 Å². The highest BCUT2D eigenvalue weighted by molar-refractivity contribution is 7.89. The number of carbonyl (C=O) groups is 1. The second kappa shape index (κ2) is 11.9. The van der Waals surface area contributed by atoms with Gasteiger partial charge in [-0.3, -0.25) is 9.69 Å². The van der Waals surface area contributed by atoms with Gasteiger partial charge in [-0.1, -0.05) is 71.2 Å². The van der Waals surface area contributed by atoms with E-state index < -0.39 is 10.0 Å². The van der Waals surface area contributed by atoms with Crippen LogP contribution in [0.5, 0.6) is 0 Å². The van der Waals surface area contributed by atoms with E-state index in [9.17, 15) is 13.2 Å². The summed E-state index contributed by atoms with van der Waals surface area (Å²) in [4.78, 5) is 17.3. The largest absolute Gasteiger partial charge is 0.339 e. The van der Waals surface area contributed by atoms with Crippen LogP contribution in [-0.4, -0.2) is 61.2 Å². The van der Waals surface area contributed by atoms with Crippen LogP contribution >= 0.6 is 34.8 Å². The molecule has 190 valence electrons. The van der Waals surface area contributed by atoms with E-state index in [1.165, 1.54) is 29.8 Å². The summed E-state index contributed by atoms with van der Waals surface area (Å²) in [5.74, 6) is -0.253. The Hall–Kier alpha value is -2.13. The number of carbonyl (C=O) groups excluding carboxylic acids is 1. The van der Waals surface area contributed by atoms with Crippen molar-refractivity contribution in [3.63, 3.8) is 0 Å². The van der Waals surface area contributed by atoms with Crippen molar-refractivity contribution >= 4 is 50.7 Å². The number of hydrogen-bond donors (Lipinski definition) is 0. The molecule has 0 saturated carbocycles. The number of nitrogens with zero attached hydrogens (tertiary/aromatic N) is 3. The Morgan fingerprint density at radius 1 is 0.833 bits per heavy atom. The van der Waals surface area contributed by atoms with Crippen LogP contribution in [0.25, 0.3) is 0 Å². The molecule has 1 heterocycles. The van der Waals surface area contributed by atoms with Crippen molar-refractivity contribution in [1.82, 2.24) is 14.1 Å². The maximum Gasteiger partial charge on any atom is 0.243 e. The molecule has 0 bridgehead atoms. The Labute approximate surface area is 227 Å². The third-order valence-corrected chi connectivity index (χ3v) is 8.74. The van der Waals surface area contributed by atoms with Gasteiger partial charge in [0.2, 0.25) is 15.9 Å². The second-order valence-corrected chi connectivity index (χ2v) is 11.8. The van der Waals surface area contributed by atoms with Crippen molar-refractivity contribution in [2.24, 2.45) is 0 Å². The summed E-state index contributed by atoms with van der Waals surface area (Å²) in [6, 6.07) is 20.9. The minimum Gasteiger partial charge on any atom is -0.339 e. The smallest absolute Gasteiger partial charge is 0.243 e. The normalized spacial score (nSPS) is 14.8. The average Bonchev–Trinajstić information content (AvgIpc) is 2.86. The molecule has 0 unspecified atom stereocenters. The van der Waals surface area contributed by atoms with E-state index >= 15 is 0 Å². The number of sulfonamides is 1. The Balaban J connectivity index is 1.48. The van der Waals surface area contributed by atoms with Gasteiger partial charge in [-0.2, -0.15) is 4.31 Å². The maximum absolute atomic E-state index is 13.5. The van der Waals surface area contributed by atoms with Crippen molar-refractivity contribution in [2.45, 2.75) is 18.0 Å². The van der Waals surface area contributed by atoms with E-state index in [2.05, 4.69) is 17.0 Å². The lowest BCUT2D eigenvalue weighted by molar-refractivity contribution is -0.133. The molecule has 1 aliphatic rings. The number of benzene rings is 3. The summed E-state index contributed by atoms with van der Waals surface area (Å²) in [5.41, 5.74) is 1.77. The van der Waals surface area contributed by atoms with Crippen LogP contribution in [0.4, 0.5) is 0 Å².